The van der Waals surface area contributed by atoms with E-state index in [9.17, 15) is 18.0 Å². The van der Waals surface area contributed by atoms with E-state index in [-0.39, 0.29) is 11.8 Å². The molecule has 2 heterocycles. The molecule has 0 aromatic carbocycles. The van der Waals surface area contributed by atoms with Crippen LogP contribution in [0.3, 0.4) is 0 Å². The largest absolute Gasteiger partial charge is 0.389 e. The Labute approximate surface area is 181 Å². The number of aromatic nitrogens is 1. The van der Waals surface area contributed by atoms with Gasteiger partial charge in [0.05, 0.1) is 6.42 Å². The number of rotatable bonds is 7. The average Bonchev–Trinajstić information content (AvgIpc) is 2.67. The van der Waals surface area contributed by atoms with Gasteiger partial charge in [-0.25, -0.2) is 4.98 Å². The van der Waals surface area contributed by atoms with Gasteiger partial charge in [0.25, 0.3) is 0 Å². The molecule has 0 bridgehead atoms. The molecule has 1 aromatic heterocycles. The number of hydrogen-bond donors (Lipinski definition) is 1. The number of anilines is 1. The Morgan fingerprint density at radius 3 is 2.77 bits per heavy atom. The number of halogens is 3. The third kappa shape index (κ3) is 5.46. The molecule has 4 nitrogen and oxygen atoms in total. The lowest BCUT2D eigenvalue weighted by molar-refractivity contribution is -0.141. The van der Waals surface area contributed by atoms with Crippen molar-refractivity contribution in [1.29, 1.82) is 0 Å². The molecule has 0 saturated carbocycles. The zero-order valence-electron chi connectivity index (χ0n) is 17.9. The van der Waals surface area contributed by atoms with E-state index >= 15 is 0 Å². The number of nitrogens with zero attached hydrogens (tertiary/aromatic N) is 2. The molecule has 166 valence electrons. The van der Waals surface area contributed by atoms with Crippen LogP contribution in [0.4, 0.5) is 19.0 Å². The summed E-state index contributed by atoms with van der Waals surface area (Å²) in [5.74, 6) is -0.0800. The highest BCUT2D eigenvalue weighted by Crippen LogP contribution is 2.38. The van der Waals surface area contributed by atoms with Gasteiger partial charge in [-0.15, -0.1) is 0 Å². The number of carbonyl (C=O) groups excluding carboxylic acids is 1. The zero-order valence-corrected chi connectivity index (χ0v) is 17.9. The number of amides is 1. The van der Waals surface area contributed by atoms with Gasteiger partial charge in [-0.2, -0.15) is 13.2 Å². The maximum Gasteiger partial charge on any atom is 0.389 e. The second kappa shape index (κ2) is 9.54. The van der Waals surface area contributed by atoms with Gasteiger partial charge in [0.1, 0.15) is 5.82 Å². The molecule has 1 unspecified atom stereocenters. The highest BCUT2D eigenvalue weighted by atomic mass is 19.4. The Bertz CT molecular complexity index is 924. The van der Waals surface area contributed by atoms with Gasteiger partial charge in [-0.3, -0.25) is 4.79 Å². The van der Waals surface area contributed by atoms with Crippen molar-refractivity contribution in [1.82, 2.24) is 9.88 Å². The summed E-state index contributed by atoms with van der Waals surface area (Å²) >= 11 is 0. The number of nitrogens with one attached hydrogen (secondary N) is 1. The quantitative estimate of drug-likeness (QED) is 0.579. The molecule has 2 aliphatic rings. The number of pyridine rings is 1. The fourth-order valence-corrected chi connectivity index (χ4v) is 4.01. The molecule has 1 N–H and O–H groups in total. The van der Waals surface area contributed by atoms with Crippen molar-refractivity contribution in [3.05, 3.63) is 66.0 Å². The van der Waals surface area contributed by atoms with Gasteiger partial charge in [0.15, 0.2) is 0 Å². The third-order valence-electron chi connectivity index (χ3n) is 5.75. The molecule has 1 aliphatic carbocycles. The number of alkyl halides is 3. The summed E-state index contributed by atoms with van der Waals surface area (Å²) in [6, 6.07) is 1.91. The molecule has 7 heteroatoms. The first kappa shape index (κ1) is 22.8. The van der Waals surface area contributed by atoms with Crippen LogP contribution in [0, 0.1) is 11.8 Å². The highest BCUT2D eigenvalue weighted by Gasteiger charge is 2.35. The fourth-order valence-electron chi connectivity index (χ4n) is 4.01. The van der Waals surface area contributed by atoms with E-state index in [2.05, 4.69) is 16.9 Å². The maximum atomic E-state index is 13.0. The predicted octanol–water partition coefficient (Wildman–Crippen LogP) is 5.52. The van der Waals surface area contributed by atoms with Crippen LogP contribution in [-0.2, 0) is 11.2 Å². The molecule has 0 spiro atoms. The van der Waals surface area contributed by atoms with Crippen molar-refractivity contribution in [3.63, 3.8) is 0 Å². The summed E-state index contributed by atoms with van der Waals surface area (Å²) in [7, 11) is 0. The zero-order chi connectivity index (χ0) is 22.6. The van der Waals surface area contributed by atoms with E-state index in [1.165, 1.54) is 6.08 Å². The average molecular weight is 432 g/mol. The van der Waals surface area contributed by atoms with Gasteiger partial charge in [0.2, 0.25) is 5.91 Å². The second-order valence-corrected chi connectivity index (χ2v) is 7.94. The van der Waals surface area contributed by atoms with Gasteiger partial charge in [-0.05, 0) is 49.1 Å². The van der Waals surface area contributed by atoms with Crippen molar-refractivity contribution in [3.8, 4) is 0 Å². The molecule has 1 fully saturated rings. The predicted molar refractivity (Wildman–Crippen MR) is 117 cm³/mol. The van der Waals surface area contributed by atoms with Crippen molar-refractivity contribution in [2.75, 3.05) is 18.4 Å². The van der Waals surface area contributed by atoms with E-state index in [0.29, 0.717) is 31.0 Å². The van der Waals surface area contributed by atoms with Crippen molar-refractivity contribution >= 4 is 17.3 Å². The van der Waals surface area contributed by atoms with E-state index in [1.54, 1.807) is 42.3 Å². The van der Waals surface area contributed by atoms with Crippen LogP contribution in [0.2, 0.25) is 0 Å². The van der Waals surface area contributed by atoms with E-state index in [4.69, 9.17) is 0 Å². The molecule has 1 amide bonds. The molecule has 1 aromatic rings. The normalized spacial score (nSPS) is 19.3. The number of likely N-dealkylation sites (tertiary alicyclic amines) is 1. The first-order valence-corrected chi connectivity index (χ1v) is 10.5. The van der Waals surface area contributed by atoms with Crippen molar-refractivity contribution < 1.29 is 18.0 Å². The van der Waals surface area contributed by atoms with Gasteiger partial charge in [0, 0.05) is 42.4 Å². The monoisotopic (exact) mass is 431 g/mol. The van der Waals surface area contributed by atoms with Gasteiger partial charge < -0.3 is 10.2 Å². The lowest BCUT2D eigenvalue weighted by atomic mass is 9.85. The lowest BCUT2D eigenvalue weighted by Crippen LogP contribution is -2.49. The number of hydrogen-bond acceptors (Lipinski definition) is 3. The molecule has 3 rings (SSSR count). The SMILES string of the molecule is C=C(c1c(CC)ccnc1NC1=CC=CCC1CC(F)(F)F)C1CN(C(=O)/C=C/C)C1. The Morgan fingerprint density at radius 1 is 1.39 bits per heavy atom. The minimum absolute atomic E-state index is 0.0269. The van der Waals surface area contributed by atoms with Crippen molar-refractivity contribution in [2.24, 2.45) is 11.8 Å². The van der Waals surface area contributed by atoms with Gasteiger partial charge >= 0.3 is 6.18 Å². The van der Waals surface area contributed by atoms with E-state index in [1.807, 2.05) is 13.0 Å². The molecule has 1 atom stereocenters. The smallest absolute Gasteiger partial charge is 0.343 e. The molecule has 1 saturated heterocycles. The van der Waals surface area contributed by atoms with Crippen LogP contribution in [0.15, 0.2) is 54.9 Å². The lowest BCUT2D eigenvalue weighted by Gasteiger charge is -2.40. The van der Waals surface area contributed by atoms with Crippen LogP contribution in [0.1, 0.15) is 37.8 Å². The van der Waals surface area contributed by atoms with Crippen LogP contribution < -0.4 is 5.32 Å². The summed E-state index contributed by atoms with van der Waals surface area (Å²) in [5.41, 5.74) is 3.24. The summed E-state index contributed by atoms with van der Waals surface area (Å²) < 4.78 is 39.1. The molecular formula is C24H28F3N3O. The number of carbonyl (C=O) groups is 1. The minimum Gasteiger partial charge on any atom is -0.343 e. The summed E-state index contributed by atoms with van der Waals surface area (Å²) in [6.07, 6.45) is 6.07. The number of allylic oxidation sites excluding steroid dienone is 5. The first-order valence-electron chi connectivity index (χ1n) is 10.5. The first-order chi connectivity index (χ1) is 14.7. The molecule has 0 radical (unpaired) electrons. The van der Waals surface area contributed by atoms with Crippen molar-refractivity contribution in [2.45, 2.75) is 39.3 Å². The Morgan fingerprint density at radius 2 is 2.13 bits per heavy atom. The maximum absolute atomic E-state index is 13.0. The molecule has 31 heavy (non-hydrogen) atoms. The van der Waals surface area contributed by atoms with E-state index in [0.717, 1.165) is 23.1 Å². The number of aryl methyl sites for hydroxylation is 1. The second-order valence-electron chi connectivity index (χ2n) is 7.94. The topological polar surface area (TPSA) is 45.2 Å². The molecular weight excluding hydrogens is 403 g/mol. The minimum atomic E-state index is -4.24. The summed E-state index contributed by atoms with van der Waals surface area (Å²) in [4.78, 5) is 18.2. The third-order valence-corrected chi connectivity index (χ3v) is 5.75. The Balaban J connectivity index is 1.83. The standard InChI is InChI=1S/C24H28F3N3O/c1-4-8-21(31)30-14-19(15-30)16(3)22-17(5-2)11-12-28-23(22)29-20-10-7-6-9-18(20)13-24(25,26)27/h4,6-8,10-12,18-19H,3,5,9,13-15H2,1-2H3,(H,28,29)/b8-4+. The summed E-state index contributed by atoms with van der Waals surface area (Å²) in [5, 5.41) is 3.18. The molecule has 1 aliphatic heterocycles. The highest BCUT2D eigenvalue weighted by molar-refractivity contribution is 5.89. The van der Waals surface area contributed by atoms with Crippen LogP contribution in [0.5, 0.6) is 0 Å². The summed E-state index contributed by atoms with van der Waals surface area (Å²) in [6.45, 7) is 9.24. The fraction of sp³-hybridized carbons (Fsp3) is 0.417. The van der Waals surface area contributed by atoms with Crippen LogP contribution in [0.25, 0.3) is 5.57 Å². The Hall–Kier alpha value is -2.83. The van der Waals surface area contributed by atoms with E-state index < -0.39 is 18.5 Å². The van der Waals surface area contributed by atoms with Crippen LogP contribution >= 0.6 is 0 Å². The Kier molecular flexibility index (Phi) is 7.03. The van der Waals surface area contributed by atoms with Crippen LogP contribution in [-0.4, -0.2) is 35.1 Å². The van der Waals surface area contributed by atoms with Gasteiger partial charge in [-0.1, -0.05) is 31.7 Å².